The van der Waals surface area contributed by atoms with Crippen LogP contribution in [0, 0.1) is 0 Å². The lowest BCUT2D eigenvalue weighted by Crippen LogP contribution is -2.23. The highest BCUT2D eigenvalue weighted by molar-refractivity contribution is 6.10. The van der Waals surface area contributed by atoms with E-state index in [1.807, 2.05) is 12.2 Å². The first-order valence-corrected chi connectivity index (χ1v) is 5.78. The second-order valence-corrected chi connectivity index (χ2v) is 4.25. The maximum Gasteiger partial charge on any atom is 0.189 e. The third-order valence-electron chi connectivity index (χ3n) is 3.37. The van der Waals surface area contributed by atoms with Crippen LogP contribution in [0.5, 0.6) is 0 Å². The van der Waals surface area contributed by atoms with Crippen LogP contribution in [0.15, 0.2) is 23.3 Å². The topological polar surface area (TPSA) is 35.5 Å². The molecule has 0 saturated heterocycles. The Morgan fingerprint density at radius 1 is 1.06 bits per heavy atom. The van der Waals surface area contributed by atoms with Crippen LogP contribution in [-0.2, 0) is 14.3 Å². The molecule has 0 aromatic carbocycles. The normalized spacial score (nSPS) is 29.1. The van der Waals surface area contributed by atoms with Gasteiger partial charge in [-0.25, -0.2) is 0 Å². The van der Waals surface area contributed by atoms with Crippen molar-refractivity contribution in [2.45, 2.75) is 37.9 Å². The number of ketones is 1. The molecule has 3 heteroatoms. The Hall–Kier alpha value is -0.930. The average Bonchev–Trinajstić information content (AvgIpc) is 2.96. The number of methoxy groups -OCH3 is 2. The van der Waals surface area contributed by atoms with Gasteiger partial charge in [0.25, 0.3) is 0 Å². The van der Waals surface area contributed by atoms with Gasteiger partial charge in [0.1, 0.15) is 0 Å². The summed E-state index contributed by atoms with van der Waals surface area (Å²) in [6.45, 7) is 0. The lowest BCUT2D eigenvalue weighted by molar-refractivity contribution is -0.114. The molecule has 0 fully saturated rings. The van der Waals surface area contributed by atoms with Crippen molar-refractivity contribution in [1.82, 2.24) is 0 Å². The second kappa shape index (κ2) is 4.93. The molecule has 0 heterocycles. The largest absolute Gasteiger partial charge is 0.377 e. The van der Waals surface area contributed by atoms with Crippen molar-refractivity contribution < 1.29 is 14.3 Å². The molecule has 2 rings (SSSR count). The average molecular weight is 222 g/mol. The Bertz CT molecular complexity index is 309. The van der Waals surface area contributed by atoms with Gasteiger partial charge in [-0.15, -0.1) is 0 Å². The highest BCUT2D eigenvalue weighted by Crippen LogP contribution is 2.30. The third kappa shape index (κ3) is 1.97. The van der Waals surface area contributed by atoms with Gasteiger partial charge in [0, 0.05) is 25.4 Å². The quantitative estimate of drug-likeness (QED) is 0.730. The fourth-order valence-corrected chi connectivity index (χ4v) is 2.49. The molecule has 0 N–H and O–H groups in total. The van der Waals surface area contributed by atoms with Gasteiger partial charge in [-0.05, 0) is 25.7 Å². The van der Waals surface area contributed by atoms with Gasteiger partial charge in [-0.2, -0.15) is 0 Å². The van der Waals surface area contributed by atoms with E-state index in [0.29, 0.717) is 0 Å². The minimum Gasteiger partial charge on any atom is -0.377 e. The summed E-state index contributed by atoms with van der Waals surface area (Å²) in [5.41, 5.74) is 1.63. The molecule has 3 nitrogen and oxygen atoms in total. The molecule has 2 aliphatic rings. The van der Waals surface area contributed by atoms with Gasteiger partial charge in [-0.1, -0.05) is 12.2 Å². The first kappa shape index (κ1) is 11.6. The van der Waals surface area contributed by atoms with Crippen LogP contribution in [0.25, 0.3) is 0 Å². The molecule has 2 atom stereocenters. The van der Waals surface area contributed by atoms with E-state index in [-0.39, 0.29) is 18.0 Å². The third-order valence-corrected chi connectivity index (χ3v) is 3.37. The highest BCUT2D eigenvalue weighted by Gasteiger charge is 2.31. The van der Waals surface area contributed by atoms with Gasteiger partial charge in [0.05, 0.1) is 12.2 Å². The van der Waals surface area contributed by atoms with Gasteiger partial charge < -0.3 is 9.47 Å². The van der Waals surface area contributed by atoms with Crippen LogP contribution >= 0.6 is 0 Å². The van der Waals surface area contributed by atoms with Crippen LogP contribution in [0.4, 0.5) is 0 Å². The molecule has 0 aliphatic heterocycles. The van der Waals surface area contributed by atoms with Crippen molar-refractivity contribution in [2.24, 2.45) is 0 Å². The van der Waals surface area contributed by atoms with E-state index in [1.54, 1.807) is 14.2 Å². The fourth-order valence-electron chi connectivity index (χ4n) is 2.49. The number of rotatable bonds is 4. The van der Waals surface area contributed by atoms with Gasteiger partial charge in [0.2, 0.25) is 0 Å². The number of carbonyl (C=O) groups excluding carboxylic acids is 1. The predicted molar refractivity (Wildman–Crippen MR) is 61.2 cm³/mol. The van der Waals surface area contributed by atoms with E-state index in [9.17, 15) is 4.79 Å². The molecule has 0 radical (unpaired) electrons. The van der Waals surface area contributed by atoms with E-state index in [2.05, 4.69) is 0 Å². The van der Waals surface area contributed by atoms with Crippen molar-refractivity contribution in [2.75, 3.05) is 14.2 Å². The summed E-state index contributed by atoms with van der Waals surface area (Å²) in [6.07, 6.45) is 7.67. The number of hydrogen-bond donors (Lipinski definition) is 0. The number of allylic oxidation sites excluding steroid dienone is 2. The Balaban J connectivity index is 2.13. The smallest absolute Gasteiger partial charge is 0.189 e. The molecule has 88 valence electrons. The van der Waals surface area contributed by atoms with Crippen LogP contribution in [0.2, 0.25) is 0 Å². The Morgan fingerprint density at radius 3 is 1.88 bits per heavy atom. The zero-order valence-corrected chi connectivity index (χ0v) is 9.86. The Morgan fingerprint density at radius 2 is 1.50 bits per heavy atom. The van der Waals surface area contributed by atoms with Crippen LogP contribution in [-0.4, -0.2) is 32.2 Å². The summed E-state index contributed by atoms with van der Waals surface area (Å²) < 4.78 is 10.6. The number of ether oxygens (including phenoxy) is 2. The monoisotopic (exact) mass is 222 g/mol. The van der Waals surface area contributed by atoms with E-state index in [1.165, 1.54) is 0 Å². The van der Waals surface area contributed by atoms with Crippen molar-refractivity contribution in [1.29, 1.82) is 0 Å². The van der Waals surface area contributed by atoms with Crippen LogP contribution in [0.1, 0.15) is 25.7 Å². The molecule has 2 unspecified atom stereocenters. The summed E-state index contributed by atoms with van der Waals surface area (Å²) >= 11 is 0. The molecule has 0 aromatic heterocycles. The molecular weight excluding hydrogens is 204 g/mol. The number of carbonyl (C=O) groups is 1. The predicted octanol–water partition coefficient (Wildman–Crippen LogP) is 2.03. The standard InChI is InChI=1S/C13H18O3/c1-15-11-7-3-5-9(11)13(14)10-6-4-8-12(10)16-2/h5-6,11-12H,3-4,7-8H2,1-2H3. The van der Waals surface area contributed by atoms with E-state index in [0.717, 1.165) is 36.8 Å². The molecule has 16 heavy (non-hydrogen) atoms. The van der Waals surface area contributed by atoms with Crippen LogP contribution in [0.3, 0.4) is 0 Å². The molecule has 0 saturated carbocycles. The van der Waals surface area contributed by atoms with Gasteiger partial charge >= 0.3 is 0 Å². The van der Waals surface area contributed by atoms with Crippen molar-refractivity contribution >= 4 is 5.78 Å². The fraction of sp³-hybridized carbons (Fsp3) is 0.615. The number of hydrogen-bond acceptors (Lipinski definition) is 3. The van der Waals surface area contributed by atoms with Crippen molar-refractivity contribution in [3.05, 3.63) is 23.3 Å². The van der Waals surface area contributed by atoms with E-state index >= 15 is 0 Å². The second-order valence-electron chi connectivity index (χ2n) is 4.25. The molecule has 0 aromatic rings. The van der Waals surface area contributed by atoms with Crippen LogP contribution < -0.4 is 0 Å². The maximum atomic E-state index is 12.3. The lowest BCUT2D eigenvalue weighted by atomic mass is 9.99. The summed E-state index contributed by atoms with van der Waals surface area (Å²) in [4.78, 5) is 12.3. The Kier molecular flexibility index (Phi) is 3.56. The number of Topliss-reactive ketones (excluding diaryl/α,β-unsaturated/α-hetero) is 1. The minimum atomic E-state index is -0.0218. The molecule has 0 spiro atoms. The van der Waals surface area contributed by atoms with Gasteiger partial charge in [-0.3, -0.25) is 4.79 Å². The van der Waals surface area contributed by atoms with Gasteiger partial charge in [0.15, 0.2) is 5.78 Å². The first-order chi connectivity index (χ1) is 7.77. The molecule has 2 aliphatic carbocycles. The summed E-state index contributed by atoms with van der Waals surface area (Å²) in [5.74, 6) is 0.119. The molecule has 0 bridgehead atoms. The van der Waals surface area contributed by atoms with Crippen molar-refractivity contribution in [3.8, 4) is 0 Å². The van der Waals surface area contributed by atoms with E-state index < -0.39 is 0 Å². The summed E-state index contributed by atoms with van der Waals surface area (Å²) in [5, 5.41) is 0. The SMILES string of the molecule is COC1CCC=C1C(=O)C1=CCCC1OC. The summed E-state index contributed by atoms with van der Waals surface area (Å²) in [6, 6.07) is 0. The molecule has 0 amide bonds. The van der Waals surface area contributed by atoms with E-state index in [4.69, 9.17) is 9.47 Å². The maximum absolute atomic E-state index is 12.3. The first-order valence-electron chi connectivity index (χ1n) is 5.78. The van der Waals surface area contributed by atoms with Crippen molar-refractivity contribution in [3.63, 3.8) is 0 Å². The Labute approximate surface area is 96.1 Å². The lowest BCUT2D eigenvalue weighted by Gasteiger charge is -2.16. The zero-order chi connectivity index (χ0) is 11.5. The molecular formula is C13H18O3. The zero-order valence-electron chi connectivity index (χ0n) is 9.86. The highest BCUT2D eigenvalue weighted by atomic mass is 16.5. The summed E-state index contributed by atoms with van der Waals surface area (Å²) in [7, 11) is 3.32. The minimum absolute atomic E-state index is 0.0218.